The number of H-pyrrole nitrogens is 1. The minimum atomic E-state index is -1.03. The van der Waals surface area contributed by atoms with E-state index in [1.807, 2.05) is 11.8 Å². The topological polar surface area (TPSA) is 82.2 Å². The molecule has 0 saturated heterocycles. The number of carboxylic acid groups (broad SMARTS) is 1. The maximum Gasteiger partial charge on any atom is 0.352 e. The Kier molecular flexibility index (Phi) is 4.98. The molecule has 2 atom stereocenters. The van der Waals surface area contributed by atoms with Crippen molar-refractivity contribution < 1.29 is 14.7 Å². The van der Waals surface area contributed by atoms with E-state index >= 15 is 0 Å². The first-order chi connectivity index (χ1) is 9.93. The molecule has 116 valence electrons. The molecule has 1 amide bonds. The molecule has 1 aromatic rings. The lowest BCUT2D eigenvalue weighted by atomic mass is 9.94. The average molecular weight is 310 g/mol. The van der Waals surface area contributed by atoms with Crippen LogP contribution in [-0.4, -0.2) is 39.5 Å². The standard InChI is InChI=1S/C15H22N2O3S/c1-8-12(9(2)16-13(8)15(19)20)14(18)17-10-5-4-6-11(7-10)21-3/h10-11,16H,4-7H2,1-3H3,(H,17,18)(H,19,20). The Bertz CT molecular complexity index is 553. The Morgan fingerprint density at radius 3 is 2.62 bits per heavy atom. The van der Waals surface area contributed by atoms with Crippen molar-refractivity contribution in [3.8, 4) is 0 Å². The average Bonchev–Trinajstić information content (AvgIpc) is 2.74. The third-order valence-electron chi connectivity index (χ3n) is 4.17. The van der Waals surface area contributed by atoms with Gasteiger partial charge in [0.2, 0.25) is 0 Å². The van der Waals surface area contributed by atoms with E-state index in [1.165, 1.54) is 6.42 Å². The second-order valence-electron chi connectivity index (χ2n) is 5.62. The fourth-order valence-corrected chi connectivity index (χ4v) is 3.88. The Morgan fingerprint density at radius 2 is 2.05 bits per heavy atom. The number of amides is 1. The van der Waals surface area contributed by atoms with Crippen molar-refractivity contribution in [2.75, 3.05) is 6.26 Å². The molecule has 0 bridgehead atoms. The summed E-state index contributed by atoms with van der Waals surface area (Å²) in [7, 11) is 0. The van der Waals surface area contributed by atoms with E-state index < -0.39 is 5.97 Å². The summed E-state index contributed by atoms with van der Waals surface area (Å²) in [6, 6.07) is 0.186. The minimum Gasteiger partial charge on any atom is -0.477 e. The molecule has 1 aliphatic rings. The van der Waals surface area contributed by atoms with Gasteiger partial charge in [0, 0.05) is 17.0 Å². The quantitative estimate of drug-likeness (QED) is 0.798. The Balaban J connectivity index is 2.12. The minimum absolute atomic E-state index is 0.100. The maximum absolute atomic E-state index is 12.5. The van der Waals surface area contributed by atoms with Crippen LogP contribution in [0.1, 0.15) is 57.8 Å². The first kappa shape index (κ1) is 15.9. The van der Waals surface area contributed by atoms with Gasteiger partial charge in [0.15, 0.2) is 0 Å². The number of aryl methyl sites for hydroxylation is 1. The van der Waals surface area contributed by atoms with Crippen LogP contribution >= 0.6 is 11.8 Å². The summed E-state index contributed by atoms with van der Waals surface area (Å²) in [4.78, 5) is 26.4. The number of aromatic nitrogens is 1. The summed E-state index contributed by atoms with van der Waals surface area (Å²) < 4.78 is 0. The molecule has 0 spiro atoms. The van der Waals surface area contributed by atoms with Gasteiger partial charge in [0.25, 0.3) is 5.91 Å². The fraction of sp³-hybridized carbons (Fsp3) is 0.600. The number of aromatic carboxylic acids is 1. The van der Waals surface area contributed by atoms with Crippen LogP contribution in [0.15, 0.2) is 0 Å². The smallest absolute Gasteiger partial charge is 0.352 e. The summed E-state index contributed by atoms with van der Waals surface area (Å²) in [5, 5.41) is 12.8. The zero-order chi connectivity index (χ0) is 15.6. The molecule has 1 aliphatic carbocycles. The number of thioether (sulfide) groups is 1. The van der Waals surface area contributed by atoms with E-state index in [-0.39, 0.29) is 17.6 Å². The summed E-state index contributed by atoms with van der Waals surface area (Å²) in [5.41, 5.74) is 1.69. The number of rotatable bonds is 4. The van der Waals surface area contributed by atoms with Crippen molar-refractivity contribution >= 4 is 23.6 Å². The first-order valence-electron chi connectivity index (χ1n) is 7.20. The predicted molar refractivity (Wildman–Crippen MR) is 84.3 cm³/mol. The van der Waals surface area contributed by atoms with Crippen molar-refractivity contribution in [1.82, 2.24) is 10.3 Å². The summed E-state index contributed by atoms with van der Waals surface area (Å²) in [6.45, 7) is 3.41. The summed E-state index contributed by atoms with van der Waals surface area (Å²) >= 11 is 1.85. The molecule has 1 saturated carbocycles. The number of aromatic amines is 1. The van der Waals surface area contributed by atoms with Gasteiger partial charge in [-0.2, -0.15) is 11.8 Å². The van der Waals surface area contributed by atoms with Gasteiger partial charge >= 0.3 is 5.97 Å². The lowest BCUT2D eigenvalue weighted by Crippen LogP contribution is -2.39. The Hall–Kier alpha value is -1.43. The largest absolute Gasteiger partial charge is 0.477 e. The molecular weight excluding hydrogens is 288 g/mol. The van der Waals surface area contributed by atoms with E-state index in [1.54, 1.807) is 13.8 Å². The second kappa shape index (κ2) is 6.56. The molecule has 1 fully saturated rings. The fourth-order valence-electron chi connectivity index (χ4n) is 3.05. The zero-order valence-electron chi connectivity index (χ0n) is 12.7. The van der Waals surface area contributed by atoms with Crippen molar-refractivity contribution in [3.63, 3.8) is 0 Å². The van der Waals surface area contributed by atoms with Gasteiger partial charge in [-0.05, 0) is 44.9 Å². The van der Waals surface area contributed by atoms with E-state index in [4.69, 9.17) is 5.11 Å². The van der Waals surface area contributed by atoms with Gasteiger partial charge in [-0.3, -0.25) is 4.79 Å². The van der Waals surface area contributed by atoms with Gasteiger partial charge in [-0.25, -0.2) is 4.79 Å². The molecule has 2 unspecified atom stereocenters. The molecule has 21 heavy (non-hydrogen) atoms. The lowest BCUT2D eigenvalue weighted by molar-refractivity contribution is 0.0690. The Labute approximate surface area is 128 Å². The van der Waals surface area contributed by atoms with Gasteiger partial charge < -0.3 is 15.4 Å². The summed E-state index contributed by atoms with van der Waals surface area (Å²) in [6.07, 6.45) is 6.42. The second-order valence-corrected chi connectivity index (χ2v) is 6.76. The number of nitrogens with one attached hydrogen (secondary N) is 2. The monoisotopic (exact) mass is 310 g/mol. The number of hydrogen-bond acceptors (Lipinski definition) is 3. The van der Waals surface area contributed by atoms with Crippen molar-refractivity contribution in [2.45, 2.75) is 50.8 Å². The Morgan fingerprint density at radius 1 is 1.33 bits per heavy atom. The highest BCUT2D eigenvalue weighted by Crippen LogP contribution is 2.27. The molecular formula is C15H22N2O3S. The van der Waals surface area contributed by atoms with Gasteiger partial charge in [-0.1, -0.05) is 6.42 Å². The van der Waals surface area contributed by atoms with Crippen LogP contribution in [0.5, 0.6) is 0 Å². The molecule has 1 aromatic heterocycles. The van der Waals surface area contributed by atoms with Crippen LogP contribution < -0.4 is 5.32 Å². The highest BCUT2D eigenvalue weighted by Gasteiger charge is 2.26. The number of carboxylic acids is 1. The number of carbonyl (C=O) groups is 2. The lowest BCUT2D eigenvalue weighted by Gasteiger charge is -2.28. The molecule has 2 rings (SSSR count). The molecule has 1 heterocycles. The van der Waals surface area contributed by atoms with Crippen LogP contribution in [0.4, 0.5) is 0 Å². The predicted octanol–water partition coefficient (Wildman–Crippen LogP) is 2.73. The highest BCUT2D eigenvalue weighted by atomic mass is 32.2. The summed E-state index contributed by atoms with van der Waals surface area (Å²) in [5.74, 6) is -1.20. The maximum atomic E-state index is 12.5. The number of hydrogen-bond donors (Lipinski definition) is 3. The van der Waals surface area contributed by atoms with E-state index in [9.17, 15) is 9.59 Å². The zero-order valence-corrected chi connectivity index (χ0v) is 13.5. The van der Waals surface area contributed by atoms with Crippen molar-refractivity contribution in [1.29, 1.82) is 0 Å². The SMILES string of the molecule is CSC1CCCC(NC(=O)c2c(C)[nH]c(C(=O)O)c2C)C1. The van der Waals surface area contributed by atoms with Crippen molar-refractivity contribution in [3.05, 3.63) is 22.5 Å². The van der Waals surface area contributed by atoms with E-state index in [2.05, 4.69) is 16.6 Å². The van der Waals surface area contributed by atoms with Crippen LogP contribution in [0.2, 0.25) is 0 Å². The normalized spacial score (nSPS) is 22.0. The van der Waals surface area contributed by atoms with Crippen LogP contribution in [0.3, 0.4) is 0 Å². The highest BCUT2D eigenvalue weighted by molar-refractivity contribution is 7.99. The van der Waals surface area contributed by atoms with Crippen LogP contribution in [-0.2, 0) is 0 Å². The third kappa shape index (κ3) is 3.43. The molecule has 3 N–H and O–H groups in total. The van der Waals surface area contributed by atoms with E-state index in [0.717, 1.165) is 19.3 Å². The molecule has 6 heteroatoms. The van der Waals surface area contributed by atoms with Crippen molar-refractivity contribution in [2.24, 2.45) is 0 Å². The molecule has 0 radical (unpaired) electrons. The first-order valence-corrected chi connectivity index (χ1v) is 8.49. The van der Waals surface area contributed by atoms with E-state index in [0.29, 0.717) is 22.1 Å². The molecule has 0 aromatic carbocycles. The molecule has 0 aliphatic heterocycles. The van der Waals surface area contributed by atoms with Crippen LogP contribution in [0.25, 0.3) is 0 Å². The molecule has 5 nitrogen and oxygen atoms in total. The van der Waals surface area contributed by atoms with Gasteiger partial charge in [0.1, 0.15) is 5.69 Å². The number of carbonyl (C=O) groups excluding carboxylic acids is 1. The van der Waals surface area contributed by atoms with Gasteiger partial charge in [0.05, 0.1) is 5.56 Å². The van der Waals surface area contributed by atoms with Gasteiger partial charge in [-0.15, -0.1) is 0 Å². The third-order valence-corrected chi connectivity index (χ3v) is 5.27. The van der Waals surface area contributed by atoms with Crippen LogP contribution in [0, 0.1) is 13.8 Å².